The zero-order valence-corrected chi connectivity index (χ0v) is 12.6. The van der Waals surface area contributed by atoms with Crippen LogP contribution in [-0.2, 0) is 4.74 Å². The van der Waals surface area contributed by atoms with E-state index in [0.717, 1.165) is 21.8 Å². The van der Waals surface area contributed by atoms with Gasteiger partial charge in [-0.15, -0.1) is 11.3 Å². The highest BCUT2D eigenvalue weighted by atomic mass is 32.1. The zero-order valence-electron chi connectivity index (χ0n) is 11.8. The Morgan fingerprint density at radius 3 is 2.90 bits per heavy atom. The summed E-state index contributed by atoms with van der Waals surface area (Å²) in [6, 6.07) is 5.69. The van der Waals surface area contributed by atoms with Crippen LogP contribution in [0, 0.1) is 6.92 Å². The molecule has 0 unspecified atom stereocenters. The van der Waals surface area contributed by atoms with Crippen molar-refractivity contribution in [2.75, 3.05) is 19.1 Å². The molecule has 21 heavy (non-hydrogen) atoms. The Balaban J connectivity index is 2.04. The van der Waals surface area contributed by atoms with Crippen molar-refractivity contribution in [1.82, 2.24) is 0 Å². The van der Waals surface area contributed by atoms with E-state index in [1.54, 1.807) is 6.92 Å². The predicted octanol–water partition coefficient (Wildman–Crippen LogP) is 3.21. The molecule has 0 bridgehead atoms. The summed E-state index contributed by atoms with van der Waals surface area (Å²) in [6.45, 7) is 4.21. The van der Waals surface area contributed by atoms with Crippen LogP contribution in [0.5, 0.6) is 11.5 Å². The van der Waals surface area contributed by atoms with Crippen molar-refractivity contribution in [3.05, 3.63) is 29.3 Å². The molecule has 2 aromatic rings. The number of anilines is 1. The molecule has 0 atom stereocenters. The first-order valence-electron chi connectivity index (χ1n) is 6.57. The van der Waals surface area contributed by atoms with Crippen molar-refractivity contribution in [3.8, 4) is 21.9 Å². The molecular weight excluding hydrogens is 290 g/mol. The Kier molecular flexibility index (Phi) is 3.47. The minimum atomic E-state index is -0.379. The van der Waals surface area contributed by atoms with Gasteiger partial charge in [-0.3, -0.25) is 0 Å². The standard InChI is InChI=1S/C15H15NO4S/c1-3-18-15(17)12-8(2)13(21-14(12)16)9-4-5-10-11(6-9)20-7-19-10/h4-6H,3,7,16H2,1-2H3. The van der Waals surface area contributed by atoms with E-state index in [2.05, 4.69) is 0 Å². The third kappa shape index (κ3) is 2.31. The molecule has 2 N–H and O–H groups in total. The summed E-state index contributed by atoms with van der Waals surface area (Å²) in [7, 11) is 0. The number of thiophene rings is 1. The number of nitrogen functional groups attached to an aromatic ring is 1. The summed E-state index contributed by atoms with van der Waals surface area (Å²) in [6.07, 6.45) is 0. The molecule has 1 aliphatic heterocycles. The van der Waals surface area contributed by atoms with E-state index in [-0.39, 0.29) is 12.8 Å². The molecule has 0 amide bonds. The lowest BCUT2D eigenvalue weighted by Crippen LogP contribution is -2.07. The van der Waals surface area contributed by atoms with E-state index in [4.69, 9.17) is 19.9 Å². The molecule has 6 heteroatoms. The van der Waals surface area contributed by atoms with Crippen molar-refractivity contribution < 1.29 is 19.0 Å². The highest BCUT2D eigenvalue weighted by Crippen LogP contribution is 2.42. The average molecular weight is 305 g/mol. The maximum Gasteiger partial charge on any atom is 0.341 e. The Bertz CT molecular complexity index is 708. The van der Waals surface area contributed by atoms with Crippen LogP contribution in [0.25, 0.3) is 10.4 Å². The number of carbonyl (C=O) groups excluding carboxylic acids is 1. The van der Waals surface area contributed by atoms with Gasteiger partial charge >= 0.3 is 5.97 Å². The number of benzene rings is 1. The largest absolute Gasteiger partial charge is 0.462 e. The monoisotopic (exact) mass is 305 g/mol. The highest BCUT2D eigenvalue weighted by Gasteiger charge is 2.22. The normalized spacial score (nSPS) is 12.5. The minimum absolute atomic E-state index is 0.235. The summed E-state index contributed by atoms with van der Waals surface area (Å²) in [5.74, 6) is 1.05. The summed E-state index contributed by atoms with van der Waals surface area (Å²) in [5, 5.41) is 0.471. The lowest BCUT2D eigenvalue weighted by molar-refractivity contribution is 0.0527. The van der Waals surface area contributed by atoms with E-state index < -0.39 is 0 Å². The summed E-state index contributed by atoms with van der Waals surface area (Å²) in [5.41, 5.74) is 8.22. The van der Waals surface area contributed by atoms with Gasteiger partial charge in [-0.1, -0.05) is 0 Å². The first kappa shape index (κ1) is 13.8. The van der Waals surface area contributed by atoms with Gasteiger partial charge in [-0.25, -0.2) is 4.79 Å². The second-order valence-electron chi connectivity index (χ2n) is 4.58. The van der Waals surface area contributed by atoms with Crippen LogP contribution in [0.3, 0.4) is 0 Å². The van der Waals surface area contributed by atoms with Gasteiger partial charge in [0.05, 0.1) is 12.2 Å². The van der Waals surface area contributed by atoms with Crippen LogP contribution in [0.2, 0.25) is 0 Å². The quantitative estimate of drug-likeness (QED) is 0.882. The van der Waals surface area contributed by atoms with Gasteiger partial charge in [0.25, 0.3) is 0 Å². The maximum absolute atomic E-state index is 12.0. The molecule has 0 fully saturated rings. The fourth-order valence-corrected chi connectivity index (χ4v) is 3.36. The molecule has 1 aromatic heterocycles. The number of fused-ring (bicyclic) bond motifs is 1. The number of hydrogen-bond donors (Lipinski definition) is 1. The van der Waals surface area contributed by atoms with Gasteiger partial charge < -0.3 is 19.9 Å². The van der Waals surface area contributed by atoms with Gasteiger partial charge in [0.15, 0.2) is 11.5 Å². The Labute approximate surface area is 126 Å². The molecule has 0 aliphatic carbocycles. The molecule has 0 saturated carbocycles. The van der Waals surface area contributed by atoms with Gasteiger partial charge in [-0.2, -0.15) is 0 Å². The van der Waals surface area contributed by atoms with Crippen LogP contribution < -0.4 is 15.2 Å². The second-order valence-corrected chi connectivity index (χ2v) is 5.64. The second kappa shape index (κ2) is 5.29. The molecule has 3 rings (SSSR count). The van der Waals surface area contributed by atoms with Crippen molar-refractivity contribution in [3.63, 3.8) is 0 Å². The highest BCUT2D eigenvalue weighted by molar-refractivity contribution is 7.19. The van der Waals surface area contributed by atoms with Crippen molar-refractivity contribution in [1.29, 1.82) is 0 Å². The number of ether oxygens (including phenoxy) is 3. The first-order valence-corrected chi connectivity index (χ1v) is 7.39. The Morgan fingerprint density at radius 2 is 2.14 bits per heavy atom. The van der Waals surface area contributed by atoms with E-state index in [1.807, 2.05) is 25.1 Å². The molecule has 5 nitrogen and oxygen atoms in total. The van der Waals surface area contributed by atoms with E-state index in [0.29, 0.717) is 22.9 Å². The van der Waals surface area contributed by atoms with Crippen LogP contribution in [-0.4, -0.2) is 19.4 Å². The fraction of sp³-hybridized carbons (Fsp3) is 0.267. The molecule has 0 radical (unpaired) electrons. The Hall–Kier alpha value is -2.21. The zero-order chi connectivity index (χ0) is 15.0. The van der Waals surface area contributed by atoms with Crippen molar-refractivity contribution in [2.24, 2.45) is 0 Å². The van der Waals surface area contributed by atoms with E-state index in [1.165, 1.54) is 11.3 Å². The van der Waals surface area contributed by atoms with E-state index in [9.17, 15) is 4.79 Å². The smallest absolute Gasteiger partial charge is 0.341 e. The van der Waals surface area contributed by atoms with Gasteiger partial charge in [0, 0.05) is 4.88 Å². The van der Waals surface area contributed by atoms with Crippen LogP contribution in [0.4, 0.5) is 5.00 Å². The third-order valence-electron chi connectivity index (χ3n) is 3.29. The summed E-state index contributed by atoms with van der Waals surface area (Å²) >= 11 is 1.37. The number of hydrogen-bond acceptors (Lipinski definition) is 6. The van der Waals surface area contributed by atoms with Crippen LogP contribution in [0.1, 0.15) is 22.8 Å². The number of rotatable bonds is 3. The van der Waals surface area contributed by atoms with Gasteiger partial charge in [-0.05, 0) is 43.2 Å². The topological polar surface area (TPSA) is 70.8 Å². The summed E-state index contributed by atoms with van der Waals surface area (Å²) < 4.78 is 15.7. The molecule has 1 aromatic carbocycles. The third-order valence-corrected chi connectivity index (χ3v) is 4.46. The number of esters is 1. The molecule has 0 saturated heterocycles. The molecule has 110 valence electrons. The SMILES string of the molecule is CCOC(=O)c1c(N)sc(-c2ccc3c(c2)OCO3)c1C. The number of carbonyl (C=O) groups is 1. The van der Waals surface area contributed by atoms with E-state index >= 15 is 0 Å². The van der Waals surface area contributed by atoms with Crippen LogP contribution >= 0.6 is 11.3 Å². The molecule has 0 spiro atoms. The fourth-order valence-electron chi connectivity index (χ4n) is 2.31. The average Bonchev–Trinajstić information content (AvgIpc) is 3.02. The predicted molar refractivity (Wildman–Crippen MR) is 81.0 cm³/mol. The van der Waals surface area contributed by atoms with Crippen molar-refractivity contribution in [2.45, 2.75) is 13.8 Å². The lowest BCUT2D eigenvalue weighted by Gasteiger charge is -2.04. The first-order chi connectivity index (χ1) is 10.1. The minimum Gasteiger partial charge on any atom is -0.462 e. The van der Waals surface area contributed by atoms with Crippen LogP contribution in [0.15, 0.2) is 18.2 Å². The lowest BCUT2D eigenvalue weighted by atomic mass is 10.1. The van der Waals surface area contributed by atoms with Gasteiger partial charge in [0.2, 0.25) is 6.79 Å². The molecule has 1 aliphatic rings. The molecular formula is C15H15NO4S. The molecule has 2 heterocycles. The summed E-state index contributed by atoms with van der Waals surface area (Å²) in [4.78, 5) is 12.9. The van der Waals surface area contributed by atoms with Crippen molar-refractivity contribution >= 4 is 22.3 Å². The number of nitrogens with two attached hydrogens (primary N) is 1. The maximum atomic E-state index is 12.0. The Morgan fingerprint density at radius 1 is 1.38 bits per heavy atom. The van der Waals surface area contributed by atoms with Gasteiger partial charge in [0.1, 0.15) is 5.00 Å².